The predicted octanol–water partition coefficient (Wildman–Crippen LogP) is -0.953. The summed E-state index contributed by atoms with van der Waals surface area (Å²) in [5.41, 5.74) is 0. The molecule has 0 bridgehead atoms. The molecule has 0 saturated carbocycles. The molecule has 3 saturated heterocycles. The van der Waals surface area contributed by atoms with Gasteiger partial charge in [0, 0.05) is 45.4 Å². The molecule has 8 atom stereocenters. The van der Waals surface area contributed by atoms with Crippen LogP contribution in [0.15, 0.2) is 0 Å². The van der Waals surface area contributed by atoms with Crippen LogP contribution in [0, 0.1) is 0 Å². The largest absolute Gasteiger partial charge is 0.463 e. The van der Waals surface area contributed by atoms with E-state index in [0.717, 1.165) is 11.6 Å². The first-order valence-electron chi connectivity index (χ1n) is 10.2. The molecular weight excluding hydrogens is 448 g/mol. The first kappa shape index (κ1) is 24.7. The highest BCUT2D eigenvalue weighted by atomic mass is 32.2. The monoisotopic (exact) mass is 476 g/mol. The van der Waals surface area contributed by atoms with E-state index in [1.807, 2.05) is 0 Å². The lowest BCUT2D eigenvalue weighted by Crippen LogP contribution is -2.66. The van der Waals surface area contributed by atoms with Crippen molar-refractivity contribution in [3.63, 3.8) is 0 Å². The number of thioether (sulfide) groups is 1. The summed E-state index contributed by atoms with van der Waals surface area (Å²) in [7, 11) is 0. The van der Waals surface area contributed by atoms with Gasteiger partial charge in [-0.2, -0.15) is 0 Å². The highest BCUT2D eigenvalue weighted by Crippen LogP contribution is 2.33. The van der Waals surface area contributed by atoms with Crippen LogP contribution in [0.1, 0.15) is 27.7 Å². The molecule has 0 aromatic rings. The normalized spacial score (nSPS) is 36.1. The summed E-state index contributed by atoms with van der Waals surface area (Å²) in [5, 5.41) is 6.49. The molecule has 0 aromatic heterocycles. The Bertz CT molecular complexity index is 731. The van der Waals surface area contributed by atoms with Crippen molar-refractivity contribution in [1.82, 2.24) is 10.6 Å². The summed E-state index contributed by atoms with van der Waals surface area (Å²) in [6.07, 6.45) is -5.05. The number of epoxide rings is 1. The molecule has 0 aliphatic carbocycles. The van der Waals surface area contributed by atoms with Gasteiger partial charge >= 0.3 is 23.9 Å². The molecule has 32 heavy (non-hydrogen) atoms. The summed E-state index contributed by atoms with van der Waals surface area (Å²) in [5.74, 6) is -0.813. The Morgan fingerprint density at radius 2 is 1.59 bits per heavy atom. The number of hydrogen-bond acceptors (Lipinski definition) is 13. The quantitative estimate of drug-likeness (QED) is 0.252. The molecular formula is C19H28N2O10S. The molecule has 3 heterocycles. The van der Waals surface area contributed by atoms with Gasteiger partial charge in [0.2, 0.25) is 6.29 Å². The van der Waals surface area contributed by atoms with Gasteiger partial charge in [-0.15, -0.1) is 11.8 Å². The zero-order chi connectivity index (χ0) is 23.4. The van der Waals surface area contributed by atoms with Crippen molar-refractivity contribution < 1.29 is 47.6 Å². The van der Waals surface area contributed by atoms with E-state index < -0.39 is 60.7 Å². The Hall–Kier alpha value is -1.93. The number of esters is 4. The van der Waals surface area contributed by atoms with E-state index in [1.165, 1.54) is 27.7 Å². The standard InChI is InChI=1S/C19H28N2O10S/c1-8(22)26-5-13-16(27-9(2)23)17(28-10(3)24)14(19(30-13)29-11(4)25)21-18-15(31-18)12-6-32-7-20-12/h12-21H,5-7H2,1-4H3. The third kappa shape index (κ3) is 6.54. The average molecular weight is 477 g/mol. The lowest BCUT2D eigenvalue weighted by atomic mass is 9.96. The highest BCUT2D eigenvalue weighted by Gasteiger charge is 2.55. The van der Waals surface area contributed by atoms with E-state index in [1.54, 1.807) is 11.8 Å². The van der Waals surface area contributed by atoms with Gasteiger partial charge in [0.15, 0.2) is 12.2 Å². The fourth-order valence-corrected chi connectivity index (χ4v) is 4.73. The second-order valence-corrected chi connectivity index (χ2v) is 8.67. The molecule has 8 unspecified atom stereocenters. The first-order valence-corrected chi connectivity index (χ1v) is 11.3. The number of ether oxygens (including phenoxy) is 6. The van der Waals surface area contributed by atoms with Crippen LogP contribution in [0.4, 0.5) is 0 Å². The topological polar surface area (TPSA) is 151 Å². The molecule has 13 heteroatoms. The molecule has 2 N–H and O–H groups in total. The Kier molecular flexibility index (Phi) is 8.33. The minimum absolute atomic E-state index is 0.132. The Morgan fingerprint density at radius 3 is 2.16 bits per heavy atom. The van der Waals surface area contributed by atoms with E-state index in [2.05, 4.69) is 10.6 Å². The van der Waals surface area contributed by atoms with Gasteiger partial charge in [0.25, 0.3) is 0 Å². The number of rotatable bonds is 8. The molecule has 3 fully saturated rings. The van der Waals surface area contributed by atoms with Gasteiger partial charge in [-0.3, -0.25) is 24.5 Å². The maximum Gasteiger partial charge on any atom is 0.304 e. The van der Waals surface area contributed by atoms with Crippen LogP contribution >= 0.6 is 11.8 Å². The average Bonchev–Trinajstić information content (AvgIpc) is 3.22. The number of nitrogens with one attached hydrogen (secondary N) is 2. The number of carbonyl (C=O) groups excluding carboxylic acids is 4. The van der Waals surface area contributed by atoms with Crippen molar-refractivity contribution in [2.45, 2.75) is 76.7 Å². The fraction of sp³-hybridized carbons (Fsp3) is 0.789. The van der Waals surface area contributed by atoms with Crippen molar-refractivity contribution in [2.24, 2.45) is 0 Å². The Morgan fingerprint density at radius 1 is 0.938 bits per heavy atom. The van der Waals surface area contributed by atoms with E-state index in [0.29, 0.717) is 0 Å². The van der Waals surface area contributed by atoms with E-state index >= 15 is 0 Å². The van der Waals surface area contributed by atoms with E-state index in [-0.39, 0.29) is 18.8 Å². The van der Waals surface area contributed by atoms with Crippen LogP contribution in [-0.4, -0.2) is 91.1 Å². The zero-order valence-corrected chi connectivity index (χ0v) is 19.0. The summed E-state index contributed by atoms with van der Waals surface area (Å²) in [6.45, 7) is 4.51. The second kappa shape index (κ2) is 10.8. The summed E-state index contributed by atoms with van der Waals surface area (Å²) in [6, 6.07) is -0.771. The van der Waals surface area contributed by atoms with Crippen molar-refractivity contribution in [1.29, 1.82) is 0 Å². The van der Waals surface area contributed by atoms with Crippen molar-refractivity contribution in [3.05, 3.63) is 0 Å². The van der Waals surface area contributed by atoms with Crippen LogP contribution in [0.2, 0.25) is 0 Å². The van der Waals surface area contributed by atoms with Crippen LogP contribution in [0.3, 0.4) is 0 Å². The molecule has 3 rings (SSSR count). The van der Waals surface area contributed by atoms with Gasteiger partial charge < -0.3 is 33.7 Å². The first-order chi connectivity index (χ1) is 15.2. The third-order valence-corrected chi connectivity index (χ3v) is 5.97. The zero-order valence-electron chi connectivity index (χ0n) is 18.2. The van der Waals surface area contributed by atoms with Gasteiger partial charge in [0.1, 0.15) is 31.1 Å². The predicted molar refractivity (Wildman–Crippen MR) is 108 cm³/mol. The second-order valence-electron chi connectivity index (χ2n) is 7.64. The lowest BCUT2D eigenvalue weighted by Gasteiger charge is -2.44. The third-order valence-electron chi connectivity index (χ3n) is 5.01. The van der Waals surface area contributed by atoms with E-state index in [9.17, 15) is 19.2 Å². The van der Waals surface area contributed by atoms with Crippen molar-refractivity contribution in [2.75, 3.05) is 18.2 Å². The molecule has 0 amide bonds. The minimum Gasteiger partial charge on any atom is -0.463 e. The number of hydrogen-bond donors (Lipinski definition) is 2. The van der Waals surface area contributed by atoms with Crippen molar-refractivity contribution >= 4 is 35.6 Å². The highest BCUT2D eigenvalue weighted by molar-refractivity contribution is 7.99. The van der Waals surface area contributed by atoms with Gasteiger partial charge in [-0.25, -0.2) is 0 Å². The van der Waals surface area contributed by atoms with Crippen LogP contribution in [0.25, 0.3) is 0 Å². The van der Waals surface area contributed by atoms with Crippen molar-refractivity contribution in [3.8, 4) is 0 Å². The maximum absolute atomic E-state index is 11.9. The van der Waals surface area contributed by atoms with Crippen LogP contribution in [0.5, 0.6) is 0 Å². The molecule has 3 aliphatic heterocycles. The molecule has 12 nitrogen and oxygen atoms in total. The Balaban J connectivity index is 1.84. The molecule has 180 valence electrons. The minimum atomic E-state index is -1.22. The van der Waals surface area contributed by atoms with Crippen LogP contribution < -0.4 is 10.6 Å². The molecule has 0 aromatic carbocycles. The Labute approximate surface area is 189 Å². The SMILES string of the molecule is CC(=O)OCC1OC(OC(C)=O)C(NC2OC2C2CSCN2)C(OC(C)=O)C1OC(C)=O. The van der Waals surface area contributed by atoms with Crippen LogP contribution in [-0.2, 0) is 47.6 Å². The lowest BCUT2D eigenvalue weighted by molar-refractivity contribution is -0.272. The van der Waals surface area contributed by atoms with Gasteiger partial charge in [-0.1, -0.05) is 0 Å². The maximum atomic E-state index is 11.9. The molecule has 0 radical (unpaired) electrons. The fourth-order valence-electron chi connectivity index (χ4n) is 3.72. The van der Waals surface area contributed by atoms with Gasteiger partial charge in [0.05, 0.1) is 0 Å². The summed E-state index contributed by atoms with van der Waals surface area (Å²) in [4.78, 5) is 46.7. The number of carbonyl (C=O) groups is 4. The smallest absolute Gasteiger partial charge is 0.304 e. The summed E-state index contributed by atoms with van der Waals surface area (Å²) >= 11 is 1.75. The molecule has 0 spiro atoms. The summed E-state index contributed by atoms with van der Waals surface area (Å²) < 4.78 is 32.8. The van der Waals surface area contributed by atoms with E-state index in [4.69, 9.17) is 28.4 Å². The van der Waals surface area contributed by atoms with Gasteiger partial charge in [-0.05, 0) is 0 Å². The molecule has 3 aliphatic rings.